The minimum atomic E-state index is -0.135. The summed E-state index contributed by atoms with van der Waals surface area (Å²) in [5.41, 5.74) is 33.6. The van der Waals surface area contributed by atoms with Gasteiger partial charge >= 0.3 is 0 Å². The molecule has 2 aliphatic carbocycles. The highest BCUT2D eigenvalue weighted by molar-refractivity contribution is 6.15. The van der Waals surface area contributed by atoms with Crippen LogP contribution in [0.3, 0.4) is 0 Å². The summed E-state index contributed by atoms with van der Waals surface area (Å²) in [5, 5.41) is 9.89. The quantitative estimate of drug-likeness (QED) is 0.127. The Morgan fingerprint density at radius 1 is 0.200 bits per heavy atom. The van der Waals surface area contributed by atoms with E-state index in [-0.39, 0.29) is 10.8 Å². The molecule has 24 aromatic rings. The van der Waals surface area contributed by atoms with Crippen molar-refractivity contribution < 1.29 is 4.42 Å². The van der Waals surface area contributed by atoms with Crippen molar-refractivity contribution in [3.63, 3.8) is 0 Å². The zero-order chi connectivity index (χ0) is 86.7. The number of fused-ring (bicyclic) bond motifs is 19. The summed E-state index contributed by atoms with van der Waals surface area (Å²) < 4.78 is 13.5. The molecule has 0 saturated heterocycles. The average molecular weight is 1670 g/mol. The SMILES string of the molecule is CC1(C)c2ccccc2-c2cc3c(cc21)c1ccccc1n3-c1ccc(-c2nc(-c3ccccc3)nc(-c3ccccc3)n2)cc1.CC1(C)c2ccccc2-c2ccc3c4ccccc4n(-c4ccc(-c5nc(-c6ccccc6)nc(-c6ccccc6)n5)cc4)c3c21.c1ccc(-n2c3ccccc3c3cc(-c4cccc(-c5cccc6c5oc5ccccc56)c4)ccc32)cc1. The molecular formula is C120H83N9O. The summed E-state index contributed by atoms with van der Waals surface area (Å²) in [7, 11) is 0. The predicted molar refractivity (Wildman–Crippen MR) is 535 cm³/mol. The highest BCUT2D eigenvalue weighted by Crippen LogP contribution is 2.55. The molecule has 0 saturated carbocycles. The van der Waals surface area contributed by atoms with Crippen LogP contribution in [0.4, 0.5) is 0 Å². The van der Waals surface area contributed by atoms with Crippen LogP contribution in [0, 0.1) is 0 Å². The van der Waals surface area contributed by atoms with Crippen LogP contribution < -0.4 is 0 Å². The Hall–Kier alpha value is -16.8. The van der Waals surface area contributed by atoms with E-state index in [1.165, 1.54) is 127 Å². The van der Waals surface area contributed by atoms with E-state index >= 15 is 0 Å². The second-order valence-corrected chi connectivity index (χ2v) is 34.8. The van der Waals surface area contributed by atoms with Crippen molar-refractivity contribution in [2.75, 3.05) is 0 Å². The molecular weight excluding hydrogens is 1580 g/mol. The number of hydrogen-bond donors (Lipinski definition) is 0. The minimum Gasteiger partial charge on any atom is -0.455 e. The Kier molecular flexibility index (Phi) is 18.4. The number of para-hydroxylation sites is 6. The molecule has 26 rings (SSSR count). The van der Waals surface area contributed by atoms with Crippen molar-refractivity contribution in [3.8, 4) is 130 Å². The van der Waals surface area contributed by atoms with E-state index in [4.69, 9.17) is 34.3 Å². The summed E-state index contributed by atoms with van der Waals surface area (Å²) >= 11 is 0. The van der Waals surface area contributed by atoms with E-state index in [2.05, 4.69) is 339 Å². The Morgan fingerprint density at radius 3 is 1.11 bits per heavy atom. The number of hydrogen-bond acceptors (Lipinski definition) is 7. The lowest BCUT2D eigenvalue weighted by molar-refractivity contribution is 0.661. The molecule has 0 spiro atoms. The first-order valence-electron chi connectivity index (χ1n) is 44.4. The van der Waals surface area contributed by atoms with E-state index in [9.17, 15) is 0 Å². The lowest BCUT2D eigenvalue weighted by atomic mass is 9.81. The number of rotatable bonds is 11. The smallest absolute Gasteiger partial charge is 0.164 e. The van der Waals surface area contributed by atoms with Crippen LogP contribution in [0.25, 0.3) is 217 Å². The van der Waals surface area contributed by atoms with Crippen LogP contribution in [0.15, 0.2) is 435 Å². The summed E-state index contributed by atoms with van der Waals surface area (Å²) in [4.78, 5) is 29.5. The molecule has 2 aliphatic rings. The maximum Gasteiger partial charge on any atom is 0.164 e. The highest BCUT2D eigenvalue weighted by Gasteiger charge is 2.40. The molecule has 0 fully saturated rings. The number of aromatic nitrogens is 9. The fraction of sp³-hybridized carbons (Fsp3) is 0.0500. The zero-order valence-electron chi connectivity index (χ0n) is 71.9. The van der Waals surface area contributed by atoms with Crippen molar-refractivity contribution in [1.29, 1.82) is 0 Å². The zero-order valence-corrected chi connectivity index (χ0v) is 71.9. The molecule has 10 nitrogen and oxygen atoms in total. The van der Waals surface area contributed by atoms with Crippen LogP contribution >= 0.6 is 0 Å². The van der Waals surface area contributed by atoms with E-state index in [1.807, 2.05) is 133 Å². The third kappa shape index (κ3) is 12.9. The molecule has 6 heterocycles. The van der Waals surface area contributed by atoms with Gasteiger partial charge in [-0.05, 0) is 176 Å². The molecule has 18 aromatic carbocycles. The van der Waals surface area contributed by atoms with Gasteiger partial charge in [-0.1, -0.05) is 343 Å². The van der Waals surface area contributed by atoms with E-state index in [0.29, 0.717) is 34.9 Å². The second kappa shape index (κ2) is 31.1. The maximum atomic E-state index is 6.33. The Bertz CT molecular complexity index is 8430. The largest absolute Gasteiger partial charge is 0.455 e. The topological polar surface area (TPSA) is 105 Å². The van der Waals surface area contributed by atoms with Gasteiger partial charge in [0.2, 0.25) is 0 Å². The maximum absolute atomic E-state index is 6.33. The molecule has 130 heavy (non-hydrogen) atoms. The fourth-order valence-corrected chi connectivity index (χ4v) is 20.3. The van der Waals surface area contributed by atoms with Crippen molar-refractivity contribution in [2.45, 2.75) is 38.5 Å². The number of nitrogens with zero attached hydrogens (tertiary/aromatic N) is 9. The van der Waals surface area contributed by atoms with Gasteiger partial charge in [-0.2, -0.15) is 0 Å². The van der Waals surface area contributed by atoms with Gasteiger partial charge in [-0.15, -0.1) is 0 Å². The van der Waals surface area contributed by atoms with Gasteiger partial charge in [-0.3, -0.25) is 0 Å². The van der Waals surface area contributed by atoms with Gasteiger partial charge in [0.05, 0.1) is 33.1 Å². The van der Waals surface area contributed by atoms with Gasteiger partial charge in [0.25, 0.3) is 0 Å². The monoisotopic (exact) mass is 1670 g/mol. The van der Waals surface area contributed by atoms with Crippen molar-refractivity contribution >= 4 is 87.4 Å². The minimum absolute atomic E-state index is 0.0489. The van der Waals surface area contributed by atoms with Crippen LogP contribution in [-0.4, -0.2) is 43.6 Å². The van der Waals surface area contributed by atoms with Crippen LogP contribution in [-0.2, 0) is 10.8 Å². The second-order valence-electron chi connectivity index (χ2n) is 34.8. The summed E-state index contributed by atoms with van der Waals surface area (Å²) in [5.74, 6) is 3.94. The summed E-state index contributed by atoms with van der Waals surface area (Å²) in [6, 6.07) is 152. The van der Waals surface area contributed by atoms with Crippen molar-refractivity contribution in [2.24, 2.45) is 0 Å². The van der Waals surface area contributed by atoms with Crippen LogP contribution in [0.1, 0.15) is 49.9 Å². The molecule has 0 bridgehead atoms. The average Bonchev–Trinajstić information content (AvgIpc) is 2.29. The lowest BCUT2D eigenvalue weighted by Gasteiger charge is -2.23. The Labute approximate surface area is 751 Å². The standard InChI is InChI=1S/2C42H30N4.C36H23NO/c1-42(2)35-19-11-9-17-31(35)33-26-38-34(25-36(33)42)32-18-10-12-20-37(32)46(38)30-23-21-29(22-24-30)41-44-39(27-13-5-3-6-14-27)43-40(45-41)28-15-7-4-8-16-28;1-42(2)35-19-11-9-17-31(35)33-25-26-34-32-18-10-12-20-36(32)46(38(34)37(33)42)30-23-21-29(22-24-30)41-44-39(27-13-5-3-6-14-27)43-40(45-41)28-15-7-4-8-16-28;1-2-12-27(13-3-1)37-33-18-6-4-14-29(33)32-23-25(20-21-34(32)37)24-10-8-11-26(22-24)28-16-9-17-31-30-15-5-7-19-35(30)38-36(28)31/h2*3-26H,1-2H3;1-23H. The first-order valence-corrected chi connectivity index (χ1v) is 44.4. The molecule has 0 radical (unpaired) electrons. The van der Waals surface area contributed by atoms with Crippen LogP contribution in [0.2, 0.25) is 0 Å². The van der Waals surface area contributed by atoms with E-state index in [0.717, 1.165) is 77.8 Å². The van der Waals surface area contributed by atoms with Crippen molar-refractivity contribution in [1.82, 2.24) is 43.6 Å². The highest BCUT2D eigenvalue weighted by atomic mass is 16.3. The lowest BCUT2D eigenvalue weighted by Crippen LogP contribution is -2.16. The fourth-order valence-electron chi connectivity index (χ4n) is 20.3. The van der Waals surface area contributed by atoms with Gasteiger partial charge in [0.15, 0.2) is 34.9 Å². The van der Waals surface area contributed by atoms with Crippen molar-refractivity contribution in [3.05, 3.63) is 453 Å². The molecule has 0 atom stereocenters. The molecule has 6 aromatic heterocycles. The predicted octanol–water partition coefficient (Wildman–Crippen LogP) is 30.6. The normalized spacial score (nSPS) is 12.7. The van der Waals surface area contributed by atoms with Gasteiger partial charge in [0.1, 0.15) is 11.2 Å². The van der Waals surface area contributed by atoms with Gasteiger partial charge in [0, 0.05) is 110 Å². The van der Waals surface area contributed by atoms with E-state index in [1.54, 1.807) is 0 Å². The number of benzene rings is 18. The first-order chi connectivity index (χ1) is 64.0. The molecule has 0 aliphatic heterocycles. The Balaban J connectivity index is 0.000000109. The van der Waals surface area contributed by atoms with E-state index < -0.39 is 0 Å². The Morgan fingerprint density at radius 2 is 0.562 bits per heavy atom. The molecule has 0 N–H and O–H groups in total. The third-order valence-corrected chi connectivity index (χ3v) is 26.5. The van der Waals surface area contributed by atoms with Gasteiger partial charge in [-0.25, -0.2) is 29.9 Å². The van der Waals surface area contributed by atoms with Crippen LogP contribution in [0.5, 0.6) is 0 Å². The number of furan rings is 1. The first kappa shape index (κ1) is 76.8. The summed E-state index contributed by atoms with van der Waals surface area (Å²) in [6.45, 7) is 9.40. The molecule has 0 unspecified atom stereocenters. The summed E-state index contributed by atoms with van der Waals surface area (Å²) in [6.07, 6.45) is 0. The van der Waals surface area contributed by atoms with Gasteiger partial charge < -0.3 is 18.1 Å². The third-order valence-electron chi connectivity index (χ3n) is 26.5. The molecule has 614 valence electrons. The molecule has 0 amide bonds. The molecule has 10 heteroatoms.